The van der Waals surface area contributed by atoms with Gasteiger partial charge >= 0.3 is 0 Å². The van der Waals surface area contributed by atoms with Gasteiger partial charge in [0.05, 0.1) is 17.9 Å². The Morgan fingerprint density at radius 1 is 1.38 bits per heavy atom. The van der Waals surface area contributed by atoms with Gasteiger partial charge in [-0.2, -0.15) is 0 Å². The first-order valence-electron chi connectivity index (χ1n) is 7.25. The molecule has 0 fully saturated rings. The molecule has 21 heavy (non-hydrogen) atoms. The Morgan fingerprint density at radius 2 is 2.19 bits per heavy atom. The van der Waals surface area contributed by atoms with E-state index in [1.807, 2.05) is 19.9 Å². The molecule has 0 saturated heterocycles. The second-order valence-electron chi connectivity index (χ2n) is 5.62. The Bertz CT molecular complexity index is 631. The van der Waals surface area contributed by atoms with Crippen LogP contribution in [0.3, 0.4) is 0 Å². The van der Waals surface area contributed by atoms with Crippen LogP contribution in [-0.2, 0) is 13.1 Å². The van der Waals surface area contributed by atoms with Gasteiger partial charge in [0.1, 0.15) is 17.6 Å². The Kier molecular flexibility index (Phi) is 3.59. The number of benzene rings is 1. The summed E-state index contributed by atoms with van der Waals surface area (Å²) in [4.78, 5) is 2.32. The summed E-state index contributed by atoms with van der Waals surface area (Å²) in [7, 11) is 0. The SMILES string of the molecule is Cc1noc(C)c1CN1CC(C)Oc2cc(CN)ccc21. The zero-order valence-corrected chi connectivity index (χ0v) is 12.7. The molecule has 2 aromatic rings. The molecule has 1 atom stereocenters. The number of anilines is 1. The zero-order chi connectivity index (χ0) is 15.0. The van der Waals surface area contributed by atoms with Crippen LogP contribution in [0.25, 0.3) is 0 Å². The molecule has 2 heterocycles. The molecule has 3 rings (SSSR count). The van der Waals surface area contributed by atoms with Crippen LogP contribution in [0, 0.1) is 13.8 Å². The van der Waals surface area contributed by atoms with E-state index in [1.54, 1.807) is 0 Å². The minimum Gasteiger partial charge on any atom is -0.487 e. The summed E-state index contributed by atoms with van der Waals surface area (Å²) in [5.74, 6) is 1.79. The van der Waals surface area contributed by atoms with Crippen LogP contribution in [0.1, 0.15) is 29.5 Å². The van der Waals surface area contributed by atoms with Gasteiger partial charge < -0.3 is 19.9 Å². The van der Waals surface area contributed by atoms with Gasteiger partial charge in [0.2, 0.25) is 0 Å². The van der Waals surface area contributed by atoms with Crippen LogP contribution in [0.5, 0.6) is 5.75 Å². The van der Waals surface area contributed by atoms with Gasteiger partial charge in [0.15, 0.2) is 0 Å². The fraction of sp³-hybridized carbons (Fsp3) is 0.438. The number of ether oxygens (including phenoxy) is 1. The number of hydrogen-bond acceptors (Lipinski definition) is 5. The van der Waals surface area contributed by atoms with E-state index in [9.17, 15) is 0 Å². The standard InChI is InChI=1S/C16H21N3O2/c1-10-8-19(9-14-11(2)18-21-12(14)3)15-5-4-13(7-17)6-16(15)20-10/h4-6,10H,7-9,17H2,1-3H3. The molecule has 112 valence electrons. The topological polar surface area (TPSA) is 64.5 Å². The summed E-state index contributed by atoms with van der Waals surface area (Å²) in [5.41, 5.74) is 10.00. The Labute approximate surface area is 124 Å². The third kappa shape index (κ3) is 2.61. The van der Waals surface area contributed by atoms with Crippen molar-refractivity contribution in [3.63, 3.8) is 0 Å². The molecule has 1 aliphatic rings. The lowest BCUT2D eigenvalue weighted by Crippen LogP contribution is -2.38. The van der Waals surface area contributed by atoms with Crippen molar-refractivity contribution in [3.05, 3.63) is 40.8 Å². The van der Waals surface area contributed by atoms with E-state index in [0.29, 0.717) is 6.54 Å². The number of rotatable bonds is 3. The third-order valence-electron chi connectivity index (χ3n) is 3.94. The van der Waals surface area contributed by atoms with E-state index >= 15 is 0 Å². The van der Waals surface area contributed by atoms with Crippen LogP contribution in [-0.4, -0.2) is 17.8 Å². The van der Waals surface area contributed by atoms with Gasteiger partial charge in [-0.25, -0.2) is 0 Å². The highest BCUT2D eigenvalue weighted by Gasteiger charge is 2.25. The fourth-order valence-electron chi connectivity index (χ4n) is 2.77. The van der Waals surface area contributed by atoms with Gasteiger partial charge in [0, 0.05) is 18.7 Å². The summed E-state index contributed by atoms with van der Waals surface area (Å²) >= 11 is 0. The maximum Gasteiger partial charge on any atom is 0.143 e. The summed E-state index contributed by atoms with van der Waals surface area (Å²) in [6, 6.07) is 6.17. The monoisotopic (exact) mass is 287 g/mol. The van der Waals surface area contributed by atoms with E-state index in [0.717, 1.165) is 47.1 Å². The van der Waals surface area contributed by atoms with Crippen molar-refractivity contribution in [1.29, 1.82) is 0 Å². The van der Waals surface area contributed by atoms with Crippen LogP contribution < -0.4 is 15.4 Å². The van der Waals surface area contributed by atoms with Gasteiger partial charge in [-0.1, -0.05) is 11.2 Å². The largest absolute Gasteiger partial charge is 0.487 e. The van der Waals surface area contributed by atoms with Gasteiger partial charge in [-0.05, 0) is 38.5 Å². The average molecular weight is 287 g/mol. The number of aryl methyl sites for hydroxylation is 2. The number of fused-ring (bicyclic) bond motifs is 1. The highest BCUT2D eigenvalue weighted by atomic mass is 16.5. The lowest BCUT2D eigenvalue weighted by molar-refractivity contribution is 0.211. The number of nitrogens with two attached hydrogens (primary N) is 1. The number of aromatic nitrogens is 1. The molecule has 5 heteroatoms. The summed E-state index contributed by atoms with van der Waals surface area (Å²) in [5, 5.41) is 4.03. The molecule has 0 bridgehead atoms. The zero-order valence-electron chi connectivity index (χ0n) is 12.7. The Balaban J connectivity index is 1.94. The first kappa shape index (κ1) is 13.9. The molecule has 0 radical (unpaired) electrons. The summed E-state index contributed by atoms with van der Waals surface area (Å²) < 4.78 is 11.2. The van der Waals surface area contributed by atoms with E-state index in [4.69, 9.17) is 15.0 Å². The third-order valence-corrected chi connectivity index (χ3v) is 3.94. The first-order valence-corrected chi connectivity index (χ1v) is 7.25. The van der Waals surface area contributed by atoms with Crippen molar-refractivity contribution in [3.8, 4) is 5.75 Å². The molecular weight excluding hydrogens is 266 g/mol. The minimum atomic E-state index is 0.144. The molecule has 0 spiro atoms. The summed E-state index contributed by atoms with van der Waals surface area (Å²) in [6.07, 6.45) is 0.144. The van der Waals surface area contributed by atoms with Crippen molar-refractivity contribution in [2.24, 2.45) is 5.73 Å². The second kappa shape index (κ2) is 5.41. The van der Waals surface area contributed by atoms with Crippen LogP contribution >= 0.6 is 0 Å². The highest BCUT2D eigenvalue weighted by molar-refractivity contribution is 5.61. The predicted molar refractivity (Wildman–Crippen MR) is 81.5 cm³/mol. The molecule has 0 amide bonds. The molecule has 0 saturated carbocycles. The van der Waals surface area contributed by atoms with E-state index in [1.165, 1.54) is 0 Å². The second-order valence-corrected chi connectivity index (χ2v) is 5.62. The van der Waals surface area contributed by atoms with Crippen LogP contribution in [0.15, 0.2) is 22.7 Å². The fourth-order valence-corrected chi connectivity index (χ4v) is 2.77. The normalized spacial score (nSPS) is 17.5. The minimum absolute atomic E-state index is 0.144. The van der Waals surface area contributed by atoms with Crippen molar-refractivity contribution in [2.75, 3.05) is 11.4 Å². The van der Waals surface area contributed by atoms with Gasteiger partial charge in [-0.15, -0.1) is 0 Å². The van der Waals surface area contributed by atoms with Gasteiger partial charge in [-0.3, -0.25) is 0 Å². The lowest BCUT2D eigenvalue weighted by Gasteiger charge is -2.35. The Morgan fingerprint density at radius 3 is 2.86 bits per heavy atom. The van der Waals surface area contributed by atoms with E-state index < -0.39 is 0 Å². The van der Waals surface area contributed by atoms with E-state index in [2.05, 4.69) is 29.1 Å². The number of nitrogens with zero attached hydrogens (tertiary/aromatic N) is 2. The van der Waals surface area contributed by atoms with Crippen molar-refractivity contribution >= 4 is 5.69 Å². The van der Waals surface area contributed by atoms with Crippen LogP contribution in [0.4, 0.5) is 5.69 Å². The predicted octanol–water partition coefficient (Wildman–Crippen LogP) is 2.54. The van der Waals surface area contributed by atoms with Gasteiger partial charge in [0.25, 0.3) is 0 Å². The maximum atomic E-state index is 5.95. The molecule has 2 N–H and O–H groups in total. The molecule has 0 aliphatic carbocycles. The first-order chi connectivity index (χ1) is 10.1. The van der Waals surface area contributed by atoms with Crippen molar-refractivity contribution < 1.29 is 9.26 Å². The smallest absolute Gasteiger partial charge is 0.143 e. The molecule has 1 aliphatic heterocycles. The van der Waals surface area contributed by atoms with E-state index in [-0.39, 0.29) is 6.10 Å². The number of hydrogen-bond donors (Lipinski definition) is 1. The highest BCUT2D eigenvalue weighted by Crippen LogP contribution is 2.35. The van der Waals surface area contributed by atoms with Crippen molar-refractivity contribution in [2.45, 2.75) is 40.0 Å². The molecule has 1 aromatic heterocycles. The van der Waals surface area contributed by atoms with Crippen LogP contribution in [0.2, 0.25) is 0 Å². The maximum absolute atomic E-state index is 5.95. The molecule has 1 unspecified atom stereocenters. The molecule has 5 nitrogen and oxygen atoms in total. The Hall–Kier alpha value is -2.01. The summed E-state index contributed by atoms with van der Waals surface area (Å²) in [6.45, 7) is 8.17. The molecular formula is C16H21N3O2. The lowest BCUT2D eigenvalue weighted by atomic mass is 10.1. The van der Waals surface area contributed by atoms with Crippen molar-refractivity contribution in [1.82, 2.24) is 5.16 Å². The average Bonchev–Trinajstić information content (AvgIpc) is 2.78. The molecule has 1 aromatic carbocycles. The quantitative estimate of drug-likeness (QED) is 0.939.